The van der Waals surface area contributed by atoms with Crippen molar-refractivity contribution in [1.82, 2.24) is 0 Å². The molecule has 2 amide bonds. The number of benzene rings is 2. The summed E-state index contributed by atoms with van der Waals surface area (Å²) in [5.74, 6) is -1.11. The van der Waals surface area contributed by atoms with Gasteiger partial charge in [0, 0.05) is 11.4 Å². The Morgan fingerprint density at radius 3 is 2.00 bits per heavy atom. The van der Waals surface area contributed by atoms with Gasteiger partial charge in [0.2, 0.25) is 11.8 Å². The summed E-state index contributed by atoms with van der Waals surface area (Å²) in [6.07, 6.45) is -4.49. The second-order valence-corrected chi connectivity index (χ2v) is 5.03. The van der Waals surface area contributed by atoms with Crippen LogP contribution in [-0.4, -0.2) is 25.0 Å². The van der Waals surface area contributed by atoms with E-state index in [0.29, 0.717) is 5.69 Å². The Bertz CT molecular complexity index is 733. The Morgan fingerprint density at radius 1 is 0.840 bits per heavy atom. The molecule has 5 nitrogen and oxygen atoms in total. The van der Waals surface area contributed by atoms with Crippen molar-refractivity contribution in [3.63, 3.8) is 0 Å². The summed E-state index contributed by atoms with van der Waals surface area (Å²) in [5.41, 5.74) is -0.282. The SMILES string of the molecule is O=C(COCC(=O)Nc1cccc(C(F)(F)F)c1)Nc1ccccc1. The molecule has 2 aromatic rings. The quantitative estimate of drug-likeness (QED) is 0.838. The lowest BCUT2D eigenvalue weighted by Gasteiger charge is -2.10. The summed E-state index contributed by atoms with van der Waals surface area (Å²) in [7, 11) is 0. The molecule has 2 N–H and O–H groups in total. The zero-order valence-corrected chi connectivity index (χ0v) is 13.0. The zero-order chi connectivity index (χ0) is 18.3. The molecule has 8 heteroatoms. The molecule has 2 aromatic carbocycles. The minimum Gasteiger partial charge on any atom is -0.362 e. The highest BCUT2D eigenvalue weighted by molar-refractivity contribution is 5.93. The monoisotopic (exact) mass is 352 g/mol. The van der Waals surface area contributed by atoms with Gasteiger partial charge in [-0.25, -0.2) is 0 Å². The van der Waals surface area contributed by atoms with Crippen molar-refractivity contribution in [3.8, 4) is 0 Å². The van der Waals surface area contributed by atoms with Crippen molar-refractivity contribution in [2.75, 3.05) is 23.8 Å². The number of halogens is 3. The number of ether oxygens (including phenoxy) is 1. The Labute approximate surface area is 141 Å². The van der Waals surface area contributed by atoms with Crippen LogP contribution < -0.4 is 10.6 Å². The highest BCUT2D eigenvalue weighted by Crippen LogP contribution is 2.30. The minimum absolute atomic E-state index is 0.00263. The molecule has 132 valence electrons. The lowest BCUT2D eigenvalue weighted by molar-refractivity contribution is -0.137. The molecule has 0 fully saturated rings. The van der Waals surface area contributed by atoms with Crippen LogP contribution in [0.15, 0.2) is 54.6 Å². The average molecular weight is 352 g/mol. The first-order valence-electron chi connectivity index (χ1n) is 7.24. The largest absolute Gasteiger partial charge is 0.416 e. The number of amides is 2. The van der Waals surface area contributed by atoms with Crippen LogP contribution in [0.3, 0.4) is 0 Å². The molecule has 0 aliphatic rings. The minimum atomic E-state index is -4.49. The number of nitrogens with one attached hydrogen (secondary N) is 2. The van der Waals surface area contributed by atoms with E-state index in [2.05, 4.69) is 10.6 Å². The maximum Gasteiger partial charge on any atom is 0.416 e. The van der Waals surface area contributed by atoms with Gasteiger partial charge in [-0.1, -0.05) is 24.3 Å². The summed E-state index contributed by atoms with van der Waals surface area (Å²) in [4.78, 5) is 23.3. The van der Waals surface area contributed by atoms with Crippen LogP contribution in [-0.2, 0) is 20.5 Å². The van der Waals surface area contributed by atoms with Crippen molar-refractivity contribution >= 4 is 23.2 Å². The first-order valence-corrected chi connectivity index (χ1v) is 7.24. The summed E-state index contributed by atoms with van der Waals surface area (Å²) < 4.78 is 42.7. The topological polar surface area (TPSA) is 67.4 Å². The van der Waals surface area contributed by atoms with Crippen molar-refractivity contribution in [2.24, 2.45) is 0 Å². The predicted molar refractivity (Wildman–Crippen MR) is 86.0 cm³/mol. The van der Waals surface area contributed by atoms with E-state index in [1.54, 1.807) is 30.3 Å². The van der Waals surface area contributed by atoms with Gasteiger partial charge >= 0.3 is 6.18 Å². The molecular formula is C17H15F3N2O3. The van der Waals surface area contributed by atoms with Crippen LogP contribution in [0, 0.1) is 0 Å². The zero-order valence-electron chi connectivity index (χ0n) is 13.0. The summed E-state index contributed by atoms with van der Waals surface area (Å²) >= 11 is 0. The molecule has 0 heterocycles. The molecule has 25 heavy (non-hydrogen) atoms. The number of anilines is 2. The molecule has 0 spiro atoms. The van der Waals surface area contributed by atoms with Crippen molar-refractivity contribution < 1.29 is 27.5 Å². The van der Waals surface area contributed by atoms with Crippen molar-refractivity contribution in [1.29, 1.82) is 0 Å². The van der Waals surface area contributed by atoms with E-state index >= 15 is 0 Å². The predicted octanol–water partition coefficient (Wildman–Crippen LogP) is 3.30. The van der Waals surface area contributed by atoms with Crippen LogP contribution in [0.5, 0.6) is 0 Å². The van der Waals surface area contributed by atoms with E-state index < -0.39 is 30.2 Å². The van der Waals surface area contributed by atoms with Crippen LogP contribution in [0.25, 0.3) is 0 Å². The molecule has 2 rings (SSSR count). The Morgan fingerprint density at radius 2 is 1.40 bits per heavy atom. The van der Waals surface area contributed by atoms with Crippen LogP contribution in [0.1, 0.15) is 5.56 Å². The van der Waals surface area contributed by atoms with E-state index in [1.807, 2.05) is 0 Å². The van der Waals surface area contributed by atoms with Gasteiger partial charge in [-0.05, 0) is 30.3 Å². The fraction of sp³-hybridized carbons (Fsp3) is 0.176. The fourth-order valence-electron chi connectivity index (χ4n) is 1.93. The highest BCUT2D eigenvalue weighted by Gasteiger charge is 2.30. The average Bonchev–Trinajstić information content (AvgIpc) is 2.55. The third kappa shape index (κ3) is 6.27. The van der Waals surface area contributed by atoms with E-state index in [-0.39, 0.29) is 12.3 Å². The van der Waals surface area contributed by atoms with E-state index in [9.17, 15) is 22.8 Å². The van der Waals surface area contributed by atoms with Crippen molar-refractivity contribution in [2.45, 2.75) is 6.18 Å². The number of alkyl halides is 3. The maximum absolute atomic E-state index is 12.6. The van der Waals surface area contributed by atoms with Crippen LogP contribution >= 0.6 is 0 Å². The van der Waals surface area contributed by atoms with E-state index in [4.69, 9.17) is 4.74 Å². The number of carbonyl (C=O) groups is 2. The molecule has 0 saturated carbocycles. The number of carbonyl (C=O) groups excluding carboxylic acids is 2. The lowest BCUT2D eigenvalue weighted by Crippen LogP contribution is -2.24. The van der Waals surface area contributed by atoms with E-state index in [0.717, 1.165) is 12.1 Å². The highest BCUT2D eigenvalue weighted by atomic mass is 19.4. The first kappa shape index (κ1) is 18.5. The van der Waals surface area contributed by atoms with Gasteiger partial charge in [-0.15, -0.1) is 0 Å². The van der Waals surface area contributed by atoms with Gasteiger partial charge in [-0.2, -0.15) is 13.2 Å². The molecular weight excluding hydrogens is 337 g/mol. The van der Waals surface area contributed by atoms with Crippen LogP contribution in [0.2, 0.25) is 0 Å². The second kappa shape index (κ2) is 8.29. The van der Waals surface area contributed by atoms with Gasteiger partial charge in [0.05, 0.1) is 5.56 Å². The third-order valence-corrected chi connectivity index (χ3v) is 3.00. The molecule has 0 aliphatic carbocycles. The first-order chi connectivity index (χ1) is 11.8. The smallest absolute Gasteiger partial charge is 0.362 e. The number of rotatable bonds is 6. The number of hydrogen-bond acceptors (Lipinski definition) is 3. The Hall–Kier alpha value is -2.87. The summed E-state index contributed by atoms with van der Waals surface area (Å²) in [6, 6.07) is 12.9. The number of para-hydroxylation sites is 1. The molecule has 0 saturated heterocycles. The molecule has 0 atom stereocenters. The third-order valence-electron chi connectivity index (χ3n) is 3.00. The molecule has 0 unspecified atom stereocenters. The molecule has 0 aliphatic heterocycles. The van der Waals surface area contributed by atoms with Gasteiger partial charge < -0.3 is 15.4 Å². The summed E-state index contributed by atoms with van der Waals surface area (Å²) in [5, 5.41) is 4.85. The Kier molecular flexibility index (Phi) is 6.13. The molecule has 0 radical (unpaired) electrons. The van der Waals surface area contributed by atoms with Gasteiger partial charge in [-0.3, -0.25) is 9.59 Å². The molecule has 0 bridgehead atoms. The second-order valence-electron chi connectivity index (χ2n) is 5.03. The van der Waals surface area contributed by atoms with E-state index in [1.165, 1.54) is 12.1 Å². The van der Waals surface area contributed by atoms with Crippen LogP contribution in [0.4, 0.5) is 24.5 Å². The maximum atomic E-state index is 12.6. The number of hydrogen-bond donors (Lipinski definition) is 2. The normalized spacial score (nSPS) is 11.0. The van der Waals surface area contributed by atoms with Gasteiger partial charge in [0.1, 0.15) is 13.2 Å². The van der Waals surface area contributed by atoms with Gasteiger partial charge in [0.25, 0.3) is 0 Å². The van der Waals surface area contributed by atoms with Gasteiger partial charge in [0.15, 0.2) is 0 Å². The standard InChI is InChI=1S/C17H15F3N2O3/c18-17(19,20)12-5-4-8-14(9-12)22-16(24)11-25-10-15(23)21-13-6-2-1-3-7-13/h1-9H,10-11H2,(H,21,23)(H,22,24). The Balaban J connectivity index is 1.76. The molecule has 0 aromatic heterocycles. The summed E-state index contributed by atoms with van der Waals surface area (Å²) in [6.45, 7) is -0.816. The fourth-order valence-corrected chi connectivity index (χ4v) is 1.93. The van der Waals surface area contributed by atoms with Crippen molar-refractivity contribution in [3.05, 3.63) is 60.2 Å². The lowest BCUT2D eigenvalue weighted by atomic mass is 10.2.